The molecule has 0 amide bonds. The molecule has 0 N–H and O–H groups in total. The second-order valence-electron chi connectivity index (χ2n) is 4.47. The third-order valence-corrected chi connectivity index (χ3v) is 3.01. The highest BCUT2D eigenvalue weighted by Gasteiger charge is 2.01. The largest absolute Gasteiger partial charge is 0.497 e. The summed E-state index contributed by atoms with van der Waals surface area (Å²) in [7, 11) is 1.64. The summed E-state index contributed by atoms with van der Waals surface area (Å²) in [6.07, 6.45) is 2.67. The van der Waals surface area contributed by atoms with Crippen LogP contribution in [0.3, 0.4) is 0 Å². The lowest BCUT2D eigenvalue weighted by molar-refractivity contribution is 0.216. The van der Waals surface area contributed by atoms with Gasteiger partial charge >= 0.3 is 0 Å². The van der Waals surface area contributed by atoms with E-state index in [1.165, 1.54) is 0 Å². The lowest BCUT2D eigenvalue weighted by Gasteiger charge is -2.11. The van der Waals surface area contributed by atoms with Gasteiger partial charge in [0.25, 0.3) is 0 Å². The van der Waals surface area contributed by atoms with Crippen LogP contribution in [0.15, 0.2) is 61.2 Å². The fraction of sp³-hybridized carbons (Fsp3) is 0.222. The predicted octanol–water partition coefficient (Wildman–Crippen LogP) is 3.88. The molecule has 21 heavy (non-hydrogen) atoms. The summed E-state index contributed by atoms with van der Waals surface area (Å²) >= 11 is 0. The number of allylic oxidation sites excluding steroid dienone is 1. The first-order chi connectivity index (χ1) is 10.3. The number of ether oxygens (including phenoxy) is 3. The van der Waals surface area contributed by atoms with Crippen LogP contribution in [0.1, 0.15) is 5.56 Å². The lowest BCUT2D eigenvalue weighted by Crippen LogP contribution is -2.09. The summed E-state index contributed by atoms with van der Waals surface area (Å²) in [5, 5.41) is 0. The van der Waals surface area contributed by atoms with Crippen molar-refractivity contribution in [2.45, 2.75) is 6.42 Å². The minimum atomic E-state index is 0.495. The first kappa shape index (κ1) is 15.0. The van der Waals surface area contributed by atoms with Crippen LogP contribution in [0.5, 0.6) is 17.2 Å². The predicted molar refractivity (Wildman–Crippen MR) is 84.3 cm³/mol. The highest BCUT2D eigenvalue weighted by Crippen LogP contribution is 2.19. The Morgan fingerprint density at radius 3 is 2.29 bits per heavy atom. The van der Waals surface area contributed by atoms with Crippen molar-refractivity contribution in [1.29, 1.82) is 0 Å². The van der Waals surface area contributed by atoms with Gasteiger partial charge in [-0.3, -0.25) is 0 Å². The summed E-state index contributed by atoms with van der Waals surface area (Å²) in [5.74, 6) is 2.51. The molecule has 0 fully saturated rings. The maximum absolute atomic E-state index is 5.76. The van der Waals surface area contributed by atoms with Gasteiger partial charge in [-0.15, -0.1) is 6.58 Å². The van der Waals surface area contributed by atoms with E-state index in [0.29, 0.717) is 13.2 Å². The summed E-state index contributed by atoms with van der Waals surface area (Å²) in [4.78, 5) is 0. The Hall–Kier alpha value is -2.42. The third-order valence-electron chi connectivity index (χ3n) is 3.01. The van der Waals surface area contributed by atoms with Crippen LogP contribution in [-0.2, 0) is 6.42 Å². The summed E-state index contributed by atoms with van der Waals surface area (Å²) in [6.45, 7) is 4.75. The van der Waals surface area contributed by atoms with Gasteiger partial charge in [0.1, 0.15) is 30.5 Å². The van der Waals surface area contributed by atoms with E-state index in [2.05, 4.69) is 6.58 Å². The molecular formula is C18H20O3. The topological polar surface area (TPSA) is 27.7 Å². The standard InChI is InChI=1S/C18H20O3/c1-3-6-15-7-4-5-8-18(15)21-14-13-20-17-11-9-16(19-2)10-12-17/h3-5,7-12H,1,6,13-14H2,2H3. The molecule has 110 valence electrons. The van der Waals surface area contributed by atoms with Gasteiger partial charge in [-0.1, -0.05) is 24.3 Å². The second kappa shape index (κ2) is 8.00. The van der Waals surface area contributed by atoms with Crippen LogP contribution in [0.4, 0.5) is 0 Å². The molecule has 0 radical (unpaired) electrons. The maximum Gasteiger partial charge on any atom is 0.122 e. The molecule has 0 aliphatic rings. The number of benzene rings is 2. The van der Waals surface area contributed by atoms with Crippen LogP contribution in [0.2, 0.25) is 0 Å². The van der Waals surface area contributed by atoms with Crippen LogP contribution < -0.4 is 14.2 Å². The van der Waals surface area contributed by atoms with Crippen molar-refractivity contribution in [3.8, 4) is 17.2 Å². The molecule has 3 heteroatoms. The van der Waals surface area contributed by atoms with Gasteiger partial charge in [0, 0.05) is 0 Å². The quantitative estimate of drug-likeness (QED) is 0.544. The van der Waals surface area contributed by atoms with E-state index < -0.39 is 0 Å². The Bertz CT molecular complexity index is 561. The van der Waals surface area contributed by atoms with Crippen molar-refractivity contribution in [1.82, 2.24) is 0 Å². The monoisotopic (exact) mass is 284 g/mol. The highest BCUT2D eigenvalue weighted by molar-refractivity contribution is 5.34. The van der Waals surface area contributed by atoms with Crippen molar-refractivity contribution in [3.05, 3.63) is 66.7 Å². The molecule has 0 aromatic heterocycles. The van der Waals surface area contributed by atoms with Gasteiger partial charge in [-0.05, 0) is 42.3 Å². The Balaban J connectivity index is 1.80. The number of hydrogen-bond acceptors (Lipinski definition) is 3. The van der Waals surface area contributed by atoms with Crippen LogP contribution in [-0.4, -0.2) is 20.3 Å². The molecule has 2 rings (SSSR count). The Morgan fingerprint density at radius 1 is 0.905 bits per heavy atom. The number of hydrogen-bond donors (Lipinski definition) is 0. The fourth-order valence-electron chi connectivity index (χ4n) is 1.95. The van der Waals surface area contributed by atoms with E-state index >= 15 is 0 Å². The molecule has 0 aliphatic heterocycles. The van der Waals surface area contributed by atoms with E-state index in [-0.39, 0.29) is 0 Å². The first-order valence-corrected chi connectivity index (χ1v) is 6.92. The minimum absolute atomic E-state index is 0.495. The Morgan fingerprint density at radius 2 is 1.57 bits per heavy atom. The van der Waals surface area contributed by atoms with Crippen molar-refractivity contribution in [2.75, 3.05) is 20.3 Å². The normalized spacial score (nSPS) is 9.95. The van der Waals surface area contributed by atoms with E-state index in [9.17, 15) is 0 Å². The molecule has 3 nitrogen and oxygen atoms in total. The average molecular weight is 284 g/mol. The molecule has 0 saturated heterocycles. The second-order valence-corrected chi connectivity index (χ2v) is 4.47. The molecule has 0 saturated carbocycles. The molecule has 0 spiro atoms. The van der Waals surface area contributed by atoms with Gasteiger partial charge < -0.3 is 14.2 Å². The Labute approximate surface area is 125 Å². The zero-order valence-corrected chi connectivity index (χ0v) is 12.2. The van der Waals surface area contributed by atoms with Crippen molar-refractivity contribution in [3.63, 3.8) is 0 Å². The van der Waals surface area contributed by atoms with Gasteiger partial charge in [-0.2, -0.15) is 0 Å². The maximum atomic E-state index is 5.76. The number of para-hydroxylation sites is 1. The van der Waals surface area contributed by atoms with Crippen molar-refractivity contribution in [2.24, 2.45) is 0 Å². The van der Waals surface area contributed by atoms with Gasteiger partial charge in [0.15, 0.2) is 0 Å². The SMILES string of the molecule is C=CCc1ccccc1OCCOc1ccc(OC)cc1. The van der Waals surface area contributed by atoms with E-state index in [4.69, 9.17) is 14.2 Å². The van der Waals surface area contributed by atoms with Crippen LogP contribution >= 0.6 is 0 Å². The lowest BCUT2D eigenvalue weighted by atomic mass is 10.1. The minimum Gasteiger partial charge on any atom is -0.497 e. The fourth-order valence-corrected chi connectivity index (χ4v) is 1.95. The van der Waals surface area contributed by atoms with Gasteiger partial charge in [0.05, 0.1) is 7.11 Å². The van der Waals surface area contributed by atoms with Crippen LogP contribution in [0, 0.1) is 0 Å². The summed E-state index contributed by atoms with van der Waals surface area (Å²) < 4.78 is 16.5. The third kappa shape index (κ3) is 4.56. The average Bonchev–Trinajstić information content (AvgIpc) is 2.54. The van der Waals surface area contributed by atoms with Crippen molar-refractivity contribution >= 4 is 0 Å². The molecule has 2 aromatic rings. The van der Waals surface area contributed by atoms with E-state index in [1.54, 1.807) is 7.11 Å². The molecule has 0 bridgehead atoms. The van der Waals surface area contributed by atoms with Gasteiger partial charge in [0.2, 0.25) is 0 Å². The molecule has 0 heterocycles. The van der Waals surface area contributed by atoms with E-state index in [0.717, 1.165) is 29.2 Å². The highest BCUT2D eigenvalue weighted by atomic mass is 16.5. The molecule has 0 atom stereocenters. The Kier molecular flexibility index (Phi) is 5.71. The van der Waals surface area contributed by atoms with Gasteiger partial charge in [-0.25, -0.2) is 0 Å². The zero-order valence-electron chi connectivity index (χ0n) is 12.2. The number of rotatable bonds is 8. The molecular weight excluding hydrogens is 264 g/mol. The smallest absolute Gasteiger partial charge is 0.122 e. The van der Waals surface area contributed by atoms with E-state index in [1.807, 2.05) is 54.6 Å². The molecule has 0 aliphatic carbocycles. The summed E-state index contributed by atoms with van der Waals surface area (Å²) in [6, 6.07) is 15.5. The summed E-state index contributed by atoms with van der Waals surface area (Å²) in [5.41, 5.74) is 1.14. The van der Waals surface area contributed by atoms with Crippen molar-refractivity contribution < 1.29 is 14.2 Å². The number of methoxy groups -OCH3 is 1. The first-order valence-electron chi connectivity index (χ1n) is 6.92. The zero-order chi connectivity index (χ0) is 14.9. The molecule has 2 aromatic carbocycles. The molecule has 0 unspecified atom stereocenters. The van der Waals surface area contributed by atoms with Crippen LogP contribution in [0.25, 0.3) is 0 Å².